The standard InChI is InChI=1S/C14H27N3/c1-14(2,3)17-10-12-4-5-13(17)9-16(12)8-11-6-15-7-11/h11-13,15H,4-10H2,1-3H3. The second-order valence-corrected chi connectivity index (χ2v) is 7.19. The molecule has 0 aliphatic carbocycles. The van der Waals surface area contributed by atoms with Crippen LogP contribution in [0.5, 0.6) is 0 Å². The maximum absolute atomic E-state index is 3.39. The van der Waals surface area contributed by atoms with Crippen molar-refractivity contribution in [3.05, 3.63) is 0 Å². The summed E-state index contributed by atoms with van der Waals surface area (Å²) in [5.41, 5.74) is 0.355. The van der Waals surface area contributed by atoms with E-state index in [0.29, 0.717) is 5.54 Å². The molecule has 0 amide bonds. The lowest BCUT2D eigenvalue weighted by Crippen LogP contribution is -2.67. The average Bonchev–Trinajstić information content (AvgIpc) is 2.23. The molecule has 2 atom stereocenters. The van der Waals surface area contributed by atoms with Crippen molar-refractivity contribution in [3.8, 4) is 0 Å². The molecule has 0 aromatic carbocycles. The van der Waals surface area contributed by atoms with Crippen LogP contribution in [0.25, 0.3) is 0 Å². The third-order valence-electron chi connectivity index (χ3n) is 4.86. The van der Waals surface area contributed by atoms with Gasteiger partial charge in [-0.2, -0.15) is 0 Å². The van der Waals surface area contributed by atoms with Crippen LogP contribution in [-0.2, 0) is 0 Å². The molecular weight excluding hydrogens is 210 g/mol. The highest BCUT2D eigenvalue weighted by molar-refractivity contribution is 4.99. The van der Waals surface area contributed by atoms with Gasteiger partial charge >= 0.3 is 0 Å². The van der Waals surface area contributed by atoms with Gasteiger partial charge in [0.05, 0.1) is 0 Å². The Kier molecular flexibility index (Phi) is 2.96. The Labute approximate surface area is 106 Å². The number of rotatable bonds is 2. The summed E-state index contributed by atoms with van der Waals surface area (Å²) in [7, 11) is 0. The van der Waals surface area contributed by atoms with Crippen molar-refractivity contribution in [2.24, 2.45) is 5.92 Å². The molecule has 0 spiro atoms. The molecule has 4 aliphatic rings. The summed E-state index contributed by atoms with van der Waals surface area (Å²) in [5.74, 6) is 0.928. The van der Waals surface area contributed by atoms with E-state index in [9.17, 15) is 0 Å². The fourth-order valence-electron chi connectivity index (χ4n) is 3.77. The van der Waals surface area contributed by atoms with Gasteiger partial charge in [0.25, 0.3) is 0 Å². The van der Waals surface area contributed by atoms with Gasteiger partial charge in [0.1, 0.15) is 0 Å². The molecule has 4 aliphatic heterocycles. The fraction of sp³-hybridized carbons (Fsp3) is 1.00. The summed E-state index contributed by atoms with van der Waals surface area (Å²) in [4.78, 5) is 5.53. The lowest BCUT2D eigenvalue weighted by molar-refractivity contribution is -0.0698. The first-order valence-corrected chi connectivity index (χ1v) is 7.25. The van der Waals surface area contributed by atoms with Gasteiger partial charge in [-0.15, -0.1) is 0 Å². The number of piperazine rings is 1. The van der Waals surface area contributed by atoms with Crippen LogP contribution < -0.4 is 5.32 Å². The highest BCUT2D eigenvalue weighted by Gasteiger charge is 2.43. The minimum Gasteiger partial charge on any atom is -0.316 e. The quantitative estimate of drug-likeness (QED) is 0.777. The van der Waals surface area contributed by atoms with Crippen molar-refractivity contribution in [2.75, 3.05) is 32.7 Å². The van der Waals surface area contributed by atoms with Crippen LogP contribution in [-0.4, -0.2) is 60.1 Å². The molecule has 4 fully saturated rings. The van der Waals surface area contributed by atoms with Gasteiger partial charge in [-0.3, -0.25) is 9.80 Å². The molecule has 3 heteroatoms. The highest BCUT2D eigenvalue weighted by atomic mass is 15.3. The predicted octanol–water partition coefficient (Wildman–Crippen LogP) is 1.15. The van der Waals surface area contributed by atoms with E-state index in [-0.39, 0.29) is 0 Å². The van der Waals surface area contributed by atoms with Crippen LogP contribution in [0.2, 0.25) is 0 Å². The van der Waals surface area contributed by atoms with Crippen LogP contribution in [0.3, 0.4) is 0 Å². The number of fused-ring (bicyclic) bond motifs is 3. The van der Waals surface area contributed by atoms with Crippen LogP contribution >= 0.6 is 0 Å². The Morgan fingerprint density at radius 1 is 1.06 bits per heavy atom. The zero-order valence-electron chi connectivity index (χ0n) is 11.6. The summed E-state index contributed by atoms with van der Waals surface area (Å²) in [6.45, 7) is 13.6. The van der Waals surface area contributed by atoms with Crippen LogP contribution in [0.1, 0.15) is 33.6 Å². The Morgan fingerprint density at radius 2 is 1.76 bits per heavy atom. The molecule has 0 aromatic heterocycles. The van der Waals surface area contributed by atoms with Crippen LogP contribution in [0, 0.1) is 5.92 Å². The van der Waals surface area contributed by atoms with Crippen molar-refractivity contribution >= 4 is 0 Å². The fourth-order valence-corrected chi connectivity index (χ4v) is 3.77. The van der Waals surface area contributed by atoms with E-state index in [0.717, 1.165) is 18.0 Å². The van der Waals surface area contributed by atoms with Gasteiger partial charge < -0.3 is 5.32 Å². The van der Waals surface area contributed by atoms with E-state index in [1.807, 2.05) is 0 Å². The average molecular weight is 237 g/mol. The summed E-state index contributed by atoms with van der Waals surface area (Å²) >= 11 is 0. The van der Waals surface area contributed by atoms with Crippen molar-refractivity contribution in [1.29, 1.82) is 0 Å². The van der Waals surface area contributed by atoms with Gasteiger partial charge in [-0.1, -0.05) is 0 Å². The van der Waals surface area contributed by atoms with Crippen molar-refractivity contribution in [3.63, 3.8) is 0 Å². The van der Waals surface area contributed by atoms with Crippen LogP contribution in [0.4, 0.5) is 0 Å². The number of piperidine rings is 2. The van der Waals surface area contributed by atoms with Gasteiger partial charge in [0.15, 0.2) is 0 Å². The molecule has 0 saturated carbocycles. The third kappa shape index (κ3) is 2.25. The van der Waals surface area contributed by atoms with E-state index < -0.39 is 0 Å². The van der Waals surface area contributed by atoms with Gasteiger partial charge in [0.2, 0.25) is 0 Å². The SMILES string of the molecule is CC(C)(C)N1CC2CCC1CN2CC1CNC1. The second kappa shape index (κ2) is 4.22. The highest BCUT2D eigenvalue weighted by Crippen LogP contribution is 2.34. The summed E-state index contributed by atoms with van der Waals surface area (Å²) < 4.78 is 0. The van der Waals surface area contributed by atoms with Crippen molar-refractivity contribution in [1.82, 2.24) is 15.1 Å². The minimum absolute atomic E-state index is 0.355. The van der Waals surface area contributed by atoms with Gasteiger partial charge in [-0.05, 0) is 39.5 Å². The number of nitrogens with one attached hydrogen (secondary N) is 1. The molecule has 2 unspecified atom stereocenters. The lowest BCUT2D eigenvalue weighted by Gasteiger charge is -2.56. The Bertz CT molecular complexity index is 280. The summed E-state index contributed by atoms with van der Waals surface area (Å²) in [6.07, 6.45) is 2.85. The molecule has 4 saturated heterocycles. The van der Waals surface area contributed by atoms with Crippen molar-refractivity contribution < 1.29 is 0 Å². The van der Waals surface area contributed by atoms with Crippen molar-refractivity contribution in [2.45, 2.75) is 51.2 Å². The van der Waals surface area contributed by atoms with Crippen LogP contribution in [0.15, 0.2) is 0 Å². The molecule has 17 heavy (non-hydrogen) atoms. The third-order valence-corrected chi connectivity index (χ3v) is 4.86. The molecule has 3 nitrogen and oxygen atoms in total. The van der Waals surface area contributed by atoms with E-state index in [4.69, 9.17) is 0 Å². The van der Waals surface area contributed by atoms with Gasteiger partial charge in [0, 0.05) is 50.3 Å². The maximum atomic E-state index is 3.39. The van der Waals surface area contributed by atoms with E-state index in [1.54, 1.807) is 0 Å². The lowest BCUT2D eigenvalue weighted by atomic mass is 9.85. The van der Waals surface area contributed by atoms with E-state index in [2.05, 4.69) is 35.9 Å². The summed E-state index contributed by atoms with van der Waals surface area (Å²) in [6, 6.07) is 1.65. The zero-order chi connectivity index (χ0) is 12.0. The molecular formula is C14H27N3. The normalized spacial score (nSPS) is 36.2. The molecule has 0 aromatic rings. The Balaban J connectivity index is 1.62. The van der Waals surface area contributed by atoms with E-state index >= 15 is 0 Å². The first-order valence-electron chi connectivity index (χ1n) is 7.25. The molecule has 4 heterocycles. The minimum atomic E-state index is 0.355. The number of nitrogens with zero attached hydrogens (tertiary/aromatic N) is 2. The first-order chi connectivity index (χ1) is 8.04. The molecule has 0 radical (unpaired) electrons. The number of hydrogen-bond donors (Lipinski definition) is 1. The zero-order valence-corrected chi connectivity index (χ0v) is 11.6. The Hall–Kier alpha value is -0.120. The Morgan fingerprint density at radius 3 is 2.24 bits per heavy atom. The molecule has 2 bridgehead atoms. The largest absolute Gasteiger partial charge is 0.316 e. The molecule has 98 valence electrons. The van der Waals surface area contributed by atoms with E-state index in [1.165, 1.54) is 45.6 Å². The molecule has 4 rings (SSSR count). The predicted molar refractivity (Wildman–Crippen MR) is 71.2 cm³/mol. The smallest absolute Gasteiger partial charge is 0.0229 e. The van der Waals surface area contributed by atoms with Gasteiger partial charge in [-0.25, -0.2) is 0 Å². The maximum Gasteiger partial charge on any atom is 0.0229 e. The molecule has 1 N–H and O–H groups in total. The second-order valence-electron chi connectivity index (χ2n) is 7.19. The summed E-state index contributed by atoms with van der Waals surface area (Å²) in [5, 5.41) is 3.39. The number of hydrogen-bond acceptors (Lipinski definition) is 3. The monoisotopic (exact) mass is 237 g/mol. The topological polar surface area (TPSA) is 18.5 Å². The first kappa shape index (κ1) is 11.9.